The fourth-order valence-corrected chi connectivity index (χ4v) is 3.38. The second-order valence-corrected chi connectivity index (χ2v) is 5.84. The van der Waals surface area contributed by atoms with E-state index in [-0.39, 0.29) is 0 Å². The summed E-state index contributed by atoms with van der Waals surface area (Å²) in [6.45, 7) is 18.4. The third-order valence-corrected chi connectivity index (χ3v) is 4.06. The van der Waals surface area contributed by atoms with E-state index in [1.165, 1.54) is 16.7 Å². The molecule has 0 saturated carbocycles. The van der Waals surface area contributed by atoms with E-state index in [1.54, 1.807) is 16.7 Å². The molecule has 0 N–H and O–H groups in total. The number of hydrogen-bond donors (Lipinski definition) is 0. The van der Waals surface area contributed by atoms with Crippen LogP contribution in [0.25, 0.3) is 0 Å². The molecule has 0 atom stereocenters. The molecule has 0 radical (unpaired) electrons. The van der Waals surface area contributed by atoms with Crippen molar-refractivity contribution in [1.82, 2.24) is 0 Å². The number of benzene rings is 1. The predicted octanol–water partition coefficient (Wildman–Crippen LogP) is 5.42. The van der Waals surface area contributed by atoms with Crippen molar-refractivity contribution in [2.75, 3.05) is 0 Å². The van der Waals surface area contributed by atoms with Crippen LogP contribution >= 0.6 is 0 Å². The van der Waals surface area contributed by atoms with E-state index in [0.29, 0.717) is 11.8 Å². The molecule has 17 heavy (non-hydrogen) atoms. The molecule has 0 aliphatic carbocycles. The molecule has 0 aliphatic heterocycles. The van der Waals surface area contributed by atoms with E-state index in [9.17, 15) is 0 Å². The highest BCUT2D eigenvalue weighted by Crippen LogP contribution is 2.35. The quantitative estimate of drug-likeness (QED) is 0.652. The molecule has 0 fully saturated rings. The lowest BCUT2D eigenvalue weighted by Gasteiger charge is -2.25. The van der Waals surface area contributed by atoms with Crippen LogP contribution in [0.3, 0.4) is 0 Å². The average molecular weight is 232 g/mol. The van der Waals surface area contributed by atoms with Crippen LogP contribution in [0.4, 0.5) is 0 Å². The van der Waals surface area contributed by atoms with Crippen molar-refractivity contribution in [3.8, 4) is 0 Å². The smallest absolute Gasteiger partial charge is 0.0213 e. The van der Waals surface area contributed by atoms with Gasteiger partial charge in [0.25, 0.3) is 0 Å². The van der Waals surface area contributed by atoms with Crippen LogP contribution in [0.5, 0.6) is 0 Å². The van der Waals surface area contributed by atoms with Gasteiger partial charge in [-0.05, 0) is 72.4 Å². The maximum Gasteiger partial charge on any atom is -0.0213 e. The van der Waals surface area contributed by atoms with Gasteiger partial charge in [0.05, 0.1) is 0 Å². The highest BCUT2D eigenvalue weighted by molar-refractivity contribution is 5.52. The second-order valence-electron chi connectivity index (χ2n) is 5.84. The minimum Gasteiger partial charge on any atom is -0.0613 e. The Bertz CT molecular complexity index is 409. The Morgan fingerprint density at radius 1 is 0.706 bits per heavy atom. The van der Waals surface area contributed by atoms with Crippen molar-refractivity contribution >= 4 is 0 Å². The Morgan fingerprint density at radius 3 is 1.47 bits per heavy atom. The normalized spacial score (nSPS) is 11.6. The first-order valence-electron chi connectivity index (χ1n) is 6.95. The topological polar surface area (TPSA) is 0 Å². The van der Waals surface area contributed by atoms with Gasteiger partial charge in [0, 0.05) is 0 Å². The molecular formula is C17H28. The first kappa shape index (κ1) is 14.3. The first-order chi connectivity index (χ1) is 7.82. The van der Waals surface area contributed by atoms with Gasteiger partial charge < -0.3 is 0 Å². The summed E-state index contributed by atoms with van der Waals surface area (Å²) in [6, 6.07) is 0. The van der Waals surface area contributed by atoms with Crippen molar-refractivity contribution < 1.29 is 0 Å². The third kappa shape index (κ3) is 2.41. The van der Waals surface area contributed by atoms with Gasteiger partial charge in [-0.1, -0.05) is 34.6 Å². The minimum absolute atomic E-state index is 0.625. The van der Waals surface area contributed by atoms with E-state index >= 15 is 0 Å². The van der Waals surface area contributed by atoms with Crippen LogP contribution in [-0.4, -0.2) is 0 Å². The molecule has 0 aromatic heterocycles. The molecule has 0 spiro atoms. The zero-order valence-electron chi connectivity index (χ0n) is 12.9. The zero-order valence-corrected chi connectivity index (χ0v) is 12.9. The van der Waals surface area contributed by atoms with Crippen molar-refractivity contribution in [2.24, 2.45) is 0 Å². The Morgan fingerprint density at radius 2 is 1.12 bits per heavy atom. The van der Waals surface area contributed by atoms with Gasteiger partial charge in [-0.25, -0.2) is 0 Å². The zero-order chi connectivity index (χ0) is 13.3. The van der Waals surface area contributed by atoms with Crippen molar-refractivity contribution in [2.45, 2.75) is 73.6 Å². The highest BCUT2D eigenvalue weighted by Gasteiger charge is 2.19. The first-order valence-corrected chi connectivity index (χ1v) is 6.95. The summed E-state index contributed by atoms with van der Waals surface area (Å²) in [5.74, 6) is 1.25. The van der Waals surface area contributed by atoms with E-state index in [2.05, 4.69) is 55.4 Å². The monoisotopic (exact) mass is 232 g/mol. The lowest BCUT2D eigenvalue weighted by Crippen LogP contribution is -2.09. The molecule has 0 bridgehead atoms. The molecule has 0 aliphatic rings. The summed E-state index contributed by atoms with van der Waals surface area (Å²) in [5.41, 5.74) is 9.32. The molecule has 1 aromatic carbocycles. The third-order valence-electron chi connectivity index (χ3n) is 4.06. The molecule has 0 amide bonds. The fraction of sp³-hybridized carbons (Fsp3) is 0.647. The fourth-order valence-electron chi connectivity index (χ4n) is 3.38. The van der Waals surface area contributed by atoms with Crippen molar-refractivity contribution in [3.05, 3.63) is 33.4 Å². The van der Waals surface area contributed by atoms with Gasteiger partial charge in [0.2, 0.25) is 0 Å². The van der Waals surface area contributed by atoms with Crippen molar-refractivity contribution in [3.63, 3.8) is 0 Å². The van der Waals surface area contributed by atoms with Crippen LogP contribution < -0.4 is 0 Å². The van der Waals surface area contributed by atoms with Crippen LogP contribution in [-0.2, 0) is 6.42 Å². The van der Waals surface area contributed by atoms with E-state index < -0.39 is 0 Å². The SMILES string of the molecule is CCc1c(C)c(C(C)C)c(C)c(C)c1C(C)C. The molecule has 0 nitrogen and oxygen atoms in total. The van der Waals surface area contributed by atoms with Gasteiger partial charge in [-0.15, -0.1) is 0 Å². The summed E-state index contributed by atoms with van der Waals surface area (Å²) in [4.78, 5) is 0. The molecule has 0 saturated heterocycles. The van der Waals surface area contributed by atoms with Crippen LogP contribution in [0, 0.1) is 20.8 Å². The van der Waals surface area contributed by atoms with Crippen LogP contribution in [0.15, 0.2) is 0 Å². The number of rotatable bonds is 3. The molecule has 0 heteroatoms. The number of hydrogen-bond acceptors (Lipinski definition) is 0. The Kier molecular flexibility index (Phi) is 4.41. The van der Waals surface area contributed by atoms with E-state index in [0.717, 1.165) is 6.42 Å². The van der Waals surface area contributed by atoms with Crippen molar-refractivity contribution in [1.29, 1.82) is 0 Å². The standard InChI is InChI=1S/C17H28/c1-9-15-14(8)16(10(2)3)12(6)13(7)17(15)11(4)5/h10-11H,9H2,1-8H3. The molecule has 0 heterocycles. The summed E-state index contributed by atoms with van der Waals surface area (Å²) < 4.78 is 0. The maximum absolute atomic E-state index is 2.31. The lowest BCUT2D eigenvalue weighted by atomic mass is 9.80. The Labute approximate surface area is 107 Å². The average Bonchev–Trinajstić information content (AvgIpc) is 2.22. The molecule has 0 unspecified atom stereocenters. The highest BCUT2D eigenvalue weighted by atomic mass is 14.2. The summed E-state index contributed by atoms with van der Waals surface area (Å²) >= 11 is 0. The van der Waals surface area contributed by atoms with Gasteiger partial charge in [-0.2, -0.15) is 0 Å². The van der Waals surface area contributed by atoms with E-state index in [4.69, 9.17) is 0 Å². The Balaban J connectivity index is 3.68. The van der Waals surface area contributed by atoms with Crippen LogP contribution in [0.1, 0.15) is 79.8 Å². The second kappa shape index (κ2) is 5.25. The van der Waals surface area contributed by atoms with Gasteiger partial charge >= 0.3 is 0 Å². The molecule has 96 valence electrons. The summed E-state index contributed by atoms with van der Waals surface area (Å²) in [5, 5.41) is 0. The van der Waals surface area contributed by atoms with Gasteiger partial charge in [-0.3, -0.25) is 0 Å². The largest absolute Gasteiger partial charge is 0.0613 e. The minimum atomic E-state index is 0.625. The van der Waals surface area contributed by atoms with Gasteiger partial charge in [0.1, 0.15) is 0 Å². The Hall–Kier alpha value is -0.780. The molecule has 1 rings (SSSR count). The maximum atomic E-state index is 2.31. The summed E-state index contributed by atoms with van der Waals surface area (Å²) in [7, 11) is 0. The van der Waals surface area contributed by atoms with Gasteiger partial charge in [0.15, 0.2) is 0 Å². The lowest BCUT2D eigenvalue weighted by molar-refractivity contribution is 0.795. The molecule has 1 aromatic rings. The predicted molar refractivity (Wildman–Crippen MR) is 78.2 cm³/mol. The van der Waals surface area contributed by atoms with E-state index in [1.807, 2.05) is 0 Å². The summed E-state index contributed by atoms with van der Waals surface area (Å²) in [6.07, 6.45) is 1.15. The van der Waals surface area contributed by atoms with Crippen LogP contribution in [0.2, 0.25) is 0 Å². The molecular weight excluding hydrogens is 204 g/mol.